The van der Waals surface area contributed by atoms with Crippen molar-refractivity contribution in [1.29, 1.82) is 0 Å². The van der Waals surface area contributed by atoms with E-state index in [2.05, 4.69) is 15.6 Å². The molecule has 1 atom stereocenters. The van der Waals surface area contributed by atoms with E-state index in [9.17, 15) is 4.79 Å². The first kappa shape index (κ1) is 15.0. The van der Waals surface area contributed by atoms with Gasteiger partial charge >= 0.3 is 0 Å². The molecular formula is C17H18N4O2. The number of nitrogens with one attached hydrogen (secondary N) is 1. The number of carbonyl (C=O) groups excluding carboxylic acids is 1. The number of rotatable bonds is 5. The van der Waals surface area contributed by atoms with Crippen LogP contribution in [0, 0.1) is 6.92 Å². The Bertz CT molecular complexity index is 775. The van der Waals surface area contributed by atoms with Crippen LogP contribution in [0.1, 0.15) is 25.1 Å². The van der Waals surface area contributed by atoms with Gasteiger partial charge in [0.05, 0.1) is 17.9 Å². The van der Waals surface area contributed by atoms with Crippen molar-refractivity contribution in [2.45, 2.75) is 26.3 Å². The molecule has 0 bridgehead atoms. The molecule has 0 aliphatic rings. The summed E-state index contributed by atoms with van der Waals surface area (Å²) in [5.41, 5.74) is 2.61. The largest absolute Gasteiger partial charge is 0.356 e. The van der Waals surface area contributed by atoms with Crippen LogP contribution in [0.25, 0.3) is 11.3 Å². The molecule has 0 radical (unpaired) electrons. The predicted octanol–water partition coefficient (Wildman–Crippen LogP) is 3.44. The van der Waals surface area contributed by atoms with Crippen LogP contribution in [0.5, 0.6) is 0 Å². The van der Waals surface area contributed by atoms with E-state index >= 15 is 0 Å². The summed E-state index contributed by atoms with van der Waals surface area (Å²) in [6.07, 6.45) is 3.86. The van der Waals surface area contributed by atoms with Crippen LogP contribution in [0.15, 0.2) is 53.3 Å². The fourth-order valence-electron chi connectivity index (χ4n) is 2.33. The lowest BCUT2D eigenvalue weighted by molar-refractivity contribution is -0.116. The van der Waals surface area contributed by atoms with Crippen LogP contribution in [-0.2, 0) is 4.79 Å². The highest BCUT2D eigenvalue weighted by Gasteiger charge is 2.12. The third kappa shape index (κ3) is 3.66. The number of carbonyl (C=O) groups is 1. The third-order valence-corrected chi connectivity index (χ3v) is 3.57. The van der Waals surface area contributed by atoms with Gasteiger partial charge in [0.15, 0.2) is 5.76 Å². The Morgan fingerprint density at radius 3 is 2.65 bits per heavy atom. The Labute approximate surface area is 134 Å². The van der Waals surface area contributed by atoms with Gasteiger partial charge in [-0.1, -0.05) is 5.16 Å². The second kappa shape index (κ2) is 6.48. The normalized spacial score (nSPS) is 12.1. The second-order valence-corrected chi connectivity index (χ2v) is 5.49. The van der Waals surface area contributed by atoms with Crippen molar-refractivity contribution in [1.82, 2.24) is 14.9 Å². The van der Waals surface area contributed by atoms with Crippen LogP contribution in [0.3, 0.4) is 0 Å². The van der Waals surface area contributed by atoms with Crippen molar-refractivity contribution in [2.24, 2.45) is 0 Å². The van der Waals surface area contributed by atoms with Gasteiger partial charge < -0.3 is 9.84 Å². The minimum absolute atomic E-state index is 0.0113. The average Bonchev–Trinajstić information content (AvgIpc) is 3.19. The Morgan fingerprint density at radius 2 is 2.04 bits per heavy atom. The van der Waals surface area contributed by atoms with Gasteiger partial charge in [-0.15, -0.1) is 0 Å². The molecule has 0 aliphatic heterocycles. The fraction of sp³-hybridized carbons (Fsp3) is 0.235. The lowest BCUT2D eigenvalue weighted by atomic mass is 10.1. The number of benzene rings is 1. The van der Waals surface area contributed by atoms with Crippen LogP contribution in [-0.4, -0.2) is 20.8 Å². The van der Waals surface area contributed by atoms with E-state index in [-0.39, 0.29) is 11.9 Å². The van der Waals surface area contributed by atoms with E-state index in [4.69, 9.17) is 4.52 Å². The minimum Gasteiger partial charge on any atom is -0.356 e. The lowest BCUT2D eigenvalue weighted by Gasteiger charge is -2.12. The van der Waals surface area contributed by atoms with Gasteiger partial charge in [-0.05, 0) is 44.2 Å². The summed E-state index contributed by atoms with van der Waals surface area (Å²) < 4.78 is 6.90. The molecule has 0 aliphatic carbocycles. The van der Waals surface area contributed by atoms with Crippen molar-refractivity contribution < 1.29 is 9.32 Å². The zero-order valence-corrected chi connectivity index (χ0v) is 13.1. The number of amides is 1. The van der Waals surface area contributed by atoms with Crippen LogP contribution >= 0.6 is 0 Å². The summed E-state index contributed by atoms with van der Waals surface area (Å²) in [5.74, 6) is 0.656. The summed E-state index contributed by atoms with van der Waals surface area (Å²) in [5, 5.41) is 10.9. The molecule has 6 heteroatoms. The van der Waals surface area contributed by atoms with Crippen molar-refractivity contribution in [3.8, 4) is 11.3 Å². The summed E-state index contributed by atoms with van der Waals surface area (Å²) >= 11 is 0. The summed E-state index contributed by atoms with van der Waals surface area (Å²) in [6.45, 7) is 3.90. The highest BCUT2D eigenvalue weighted by atomic mass is 16.5. The molecule has 0 fully saturated rings. The Kier molecular flexibility index (Phi) is 4.23. The SMILES string of the molecule is Cc1ccn([C@H](C)CC(=O)Nc2ccc(-c3ccno3)cc2)n1. The topological polar surface area (TPSA) is 73.0 Å². The monoisotopic (exact) mass is 310 g/mol. The first-order chi connectivity index (χ1) is 11.1. The van der Waals surface area contributed by atoms with E-state index in [1.165, 1.54) is 0 Å². The van der Waals surface area contributed by atoms with E-state index in [0.717, 1.165) is 16.9 Å². The molecular weight excluding hydrogens is 292 g/mol. The van der Waals surface area contributed by atoms with Crippen molar-refractivity contribution in [2.75, 3.05) is 5.32 Å². The Morgan fingerprint density at radius 1 is 1.26 bits per heavy atom. The predicted molar refractivity (Wildman–Crippen MR) is 86.9 cm³/mol. The average molecular weight is 310 g/mol. The number of aryl methyl sites for hydroxylation is 1. The Balaban J connectivity index is 1.59. The van der Waals surface area contributed by atoms with Crippen molar-refractivity contribution >= 4 is 11.6 Å². The van der Waals surface area contributed by atoms with Gasteiger partial charge in [-0.25, -0.2) is 0 Å². The molecule has 1 aromatic carbocycles. The smallest absolute Gasteiger partial charge is 0.226 e. The second-order valence-electron chi connectivity index (χ2n) is 5.49. The number of nitrogens with zero attached hydrogens (tertiary/aromatic N) is 3. The first-order valence-corrected chi connectivity index (χ1v) is 7.44. The quantitative estimate of drug-likeness (QED) is 0.783. The molecule has 118 valence electrons. The number of hydrogen-bond donors (Lipinski definition) is 1. The first-order valence-electron chi connectivity index (χ1n) is 7.44. The van der Waals surface area contributed by atoms with Crippen LogP contribution in [0.2, 0.25) is 0 Å². The molecule has 3 rings (SSSR count). The summed E-state index contributed by atoms with van der Waals surface area (Å²) in [6, 6.07) is 11.2. The molecule has 0 saturated heterocycles. The molecule has 0 spiro atoms. The molecule has 3 aromatic rings. The fourth-order valence-corrected chi connectivity index (χ4v) is 2.33. The van der Waals surface area contributed by atoms with Crippen molar-refractivity contribution in [3.05, 3.63) is 54.5 Å². The van der Waals surface area contributed by atoms with Gasteiger partial charge in [0.25, 0.3) is 0 Å². The van der Waals surface area contributed by atoms with Gasteiger partial charge in [0, 0.05) is 29.9 Å². The van der Waals surface area contributed by atoms with Crippen LogP contribution in [0.4, 0.5) is 5.69 Å². The maximum atomic E-state index is 12.1. The van der Waals surface area contributed by atoms with Crippen LogP contribution < -0.4 is 5.32 Å². The number of hydrogen-bond acceptors (Lipinski definition) is 4. The van der Waals surface area contributed by atoms with Crippen molar-refractivity contribution in [3.63, 3.8) is 0 Å². The summed E-state index contributed by atoms with van der Waals surface area (Å²) in [4.78, 5) is 12.1. The highest BCUT2D eigenvalue weighted by Crippen LogP contribution is 2.21. The lowest BCUT2D eigenvalue weighted by Crippen LogP contribution is -2.18. The third-order valence-electron chi connectivity index (χ3n) is 3.57. The molecule has 23 heavy (non-hydrogen) atoms. The summed E-state index contributed by atoms with van der Waals surface area (Å²) in [7, 11) is 0. The molecule has 0 unspecified atom stereocenters. The number of aromatic nitrogens is 3. The van der Waals surface area contributed by atoms with E-state index in [1.54, 1.807) is 12.3 Å². The van der Waals surface area contributed by atoms with E-state index in [0.29, 0.717) is 12.2 Å². The standard InChI is InChI=1S/C17H18N4O2/c1-12-8-10-21(20-12)13(2)11-17(22)19-15-5-3-14(4-6-15)16-7-9-18-23-16/h3-10,13H,11H2,1-2H3,(H,19,22)/t13-/m1/s1. The van der Waals surface area contributed by atoms with E-state index < -0.39 is 0 Å². The van der Waals surface area contributed by atoms with Gasteiger partial charge in [0.1, 0.15) is 0 Å². The molecule has 2 heterocycles. The molecule has 0 saturated carbocycles. The van der Waals surface area contributed by atoms with Gasteiger partial charge in [-0.2, -0.15) is 5.10 Å². The minimum atomic E-state index is -0.0435. The maximum absolute atomic E-state index is 12.1. The Hall–Kier alpha value is -2.89. The van der Waals surface area contributed by atoms with Gasteiger partial charge in [-0.3, -0.25) is 9.48 Å². The highest BCUT2D eigenvalue weighted by molar-refractivity contribution is 5.91. The zero-order valence-electron chi connectivity index (χ0n) is 13.1. The maximum Gasteiger partial charge on any atom is 0.226 e. The number of anilines is 1. The van der Waals surface area contributed by atoms with E-state index in [1.807, 2.05) is 55.1 Å². The van der Waals surface area contributed by atoms with Gasteiger partial charge in [0.2, 0.25) is 5.91 Å². The zero-order chi connectivity index (χ0) is 16.2. The molecule has 2 aromatic heterocycles. The molecule has 1 amide bonds. The molecule has 1 N–H and O–H groups in total. The molecule has 6 nitrogen and oxygen atoms in total.